The van der Waals surface area contributed by atoms with Gasteiger partial charge in [0.2, 0.25) is 0 Å². The third-order valence-corrected chi connectivity index (χ3v) is 4.55. The molecule has 16 heavy (non-hydrogen) atoms. The Bertz CT molecular complexity index is 621. The molecule has 0 unspecified atom stereocenters. The van der Waals surface area contributed by atoms with Crippen LogP contribution in [0.25, 0.3) is 0 Å². The van der Waals surface area contributed by atoms with Gasteiger partial charge in [-0.3, -0.25) is 9.82 Å². The summed E-state index contributed by atoms with van der Waals surface area (Å²) in [7, 11) is -3.63. The first kappa shape index (κ1) is 10.7. The van der Waals surface area contributed by atoms with Gasteiger partial charge in [0.15, 0.2) is 0 Å². The molecule has 0 aliphatic rings. The predicted molar refractivity (Wildman–Crippen MR) is 58.4 cm³/mol. The number of rotatable bonds is 3. The molecule has 2 aromatic rings. The number of nitrogens with one attached hydrogen (secondary N) is 2. The standard InChI is InChI=1S/C8H6N4O2S2/c9-5-6-1-2-8(15-6)16(13,14)12-7-3-4-10-11-7/h1-4H,(H2,10,11,12). The van der Waals surface area contributed by atoms with Crippen molar-refractivity contribution >= 4 is 27.2 Å². The molecular formula is C8H6N4O2S2. The van der Waals surface area contributed by atoms with Crippen molar-refractivity contribution < 1.29 is 8.42 Å². The van der Waals surface area contributed by atoms with Crippen LogP contribution in [0, 0.1) is 11.3 Å². The van der Waals surface area contributed by atoms with E-state index in [-0.39, 0.29) is 10.0 Å². The van der Waals surface area contributed by atoms with Gasteiger partial charge >= 0.3 is 0 Å². The van der Waals surface area contributed by atoms with E-state index in [0.717, 1.165) is 11.3 Å². The second-order valence-corrected chi connectivity index (χ2v) is 5.80. The van der Waals surface area contributed by atoms with Crippen LogP contribution in [-0.2, 0) is 10.0 Å². The molecule has 0 aliphatic carbocycles. The highest BCUT2D eigenvalue weighted by atomic mass is 32.2. The first-order chi connectivity index (χ1) is 7.62. The molecule has 0 fully saturated rings. The lowest BCUT2D eigenvalue weighted by molar-refractivity contribution is 0.603. The molecule has 0 spiro atoms. The summed E-state index contributed by atoms with van der Waals surface area (Å²) < 4.78 is 25.9. The minimum Gasteiger partial charge on any atom is -0.263 e. The van der Waals surface area contributed by atoms with Gasteiger partial charge in [-0.25, -0.2) is 8.42 Å². The second-order valence-electron chi connectivity index (χ2n) is 2.81. The van der Waals surface area contributed by atoms with E-state index in [4.69, 9.17) is 5.26 Å². The fourth-order valence-corrected chi connectivity index (χ4v) is 3.15. The van der Waals surface area contributed by atoms with Crippen molar-refractivity contribution in [1.29, 1.82) is 5.26 Å². The largest absolute Gasteiger partial charge is 0.272 e. The molecule has 2 rings (SSSR count). The Morgan fingerprint density at radius 1 is 1.44 bits per heavy atom. The van der Waals surface area contributed by atoms with Gasteiger partial charge in [-0.05, 0) is 12.1 Å². The maximum absolute atomic E-state index is 11.8. The fraction of sp³-hybridized carbons (Fsp3) is 0. The van der Waals surface area contributed by atoms with Gasteiger partial charge in [-0.15, -0.1) is 11.3 Å². The zero-order valence-electron chi connectivity index (χ0n) is 7.84. The van der Waals surface area contributed by atoms with E-state index in [0.29, 0.717) is 4.88 Å². The molecular weight excluding hydrogens is 248 g/mol. The summed E-state index contributed by atoms with van der Waals surface area (Å²) in [4.78, 5) is 0.352. The molecule has 8 heteroatoms. The van der Waals surface area contributed by atoms with Gasteiger partial charge < -0.3 is 0 Å². The van der Waals surface area contributed by atoms with E-state index in [1.165, 1.54) is 24.4 Å². The number of hydrogen-bond acceptors (Lipinski definition) is 5. The van der Waals surface area contributed by atoms with Crippen LogP contribution in [0.1, 0.15) is 4.88 Å². The molecule has 0 atom stereocenters. The Kier molecular flexibility index (Phi) is 2.64. The number of sulfonamides is 1. The second kappa shape index (κ2) is 3.96. The summed E-state index contributed by atoms with van der Waals surface area (Å²) >= 11 is 0.916. The van der Waals surface area contributed by atoms with Crippen molar-refractivity contribution in [2.24, 2.45) is 0 Å². The minimum atomic E-state index is -3.63. The number of anilines is 1. The quantitative estimate of drug-likeness (QED) is 0.858. The van der Waals surface area contributed by atoms with Crippen LogP contribution in [0.15, 0.2) is 28.6 Å². The zero-order chi connectivity index (χ0) is 11.6. The fourth-order valence-electron chi connectivity index (χ4n) is 1.03. The van der Waals surface area contributed by atoms with Crippen LogP contribution in [0.3, 0.4) is 0 Å². The highest BCUT2D eigenvalue weighted by molar-refractivity contribution is 7.94. The van der Waals surface area contributed by atoms with E-state index in [1.807, 2.05) is 6.07 Å². The summed E-state index contributed by atoms with van der Waals surface area (Å²) in [5.41, 5.74) is 0. The number of thiophene rings is 1. The molecule has 6 nitrogen and oxygen atoms in total. The smallest absolute Gasteiger partial charge is 0.263 e. The lowest BCUT2D eigenvalue weighted by atomic mass is 10.5. The summed E-state index contributed by atoms with van der Waals surface area (Å²) in [5, 5.41) is 14.7. The first-order valence-electron chi connectivity index (χ1n) is 4.14. The highest BCUT2D eigenvalue weighted by Crippen LogP contribution is 2.22. The Balaban J connectivity index is 2.29. The SMILES string of the molecule is N#Cc1ccc(S(=O)(=O)Nc2ccn[nH]2)s1. The Labute approximate surface area is 95.6 Å². The van der Waals surface area contributed by atoms with E-state index in [2.05, 4.69) is 14.9 Å². The molecule has 0 aromatic carbocycles. The molecule has 2 N–H and O–H groups in total. The highest BCUT2D eigenvalue weighted by Gasteiger charge is 2.17. The van der Waals surface area contributed by atoms with Gasteiger partial charge in [0, 0.05) is 6.07 Å². The lowest BCUT2D eigenvalue weighted by Gasteiger charge is -2.01. The summed E-state index contributed by atoms with van der Waals surface area (Å²) in [6.07, 6.45) is 1.44. The van der Waals surface area contributed by atoms with Crippen molar-refractivity contribution in [3.8, 4) is 6.07 Å². The lowest BCUT2D eigenvalue weighted by Crippen LogP contribution is -2.11. The van der Waals surface area contributed by atoms with E-state index >= 15 is 0 Å². The number of nitriles is 1. The maximum atomic E-state index is 11.8. The van der Waals surface area contributed by atoms with Crippen LogP contribution < -0.4 is 4.72 Å². The number of aromatic amines is 1. The van der Waals surface area contributed by atoms with Crippen LogP contribution in [0.5, 0.6) is 0 Å². The number of hydrogen-bond donors (Lipinski definition) is 2. The van der Waals surface area contributed by atoms with E-state index in [9.17, 15) is 8.42 Å². The molecule has 0 bridgehead atoms. The number of nitrogens with zero attached hydrogens (tertiary/aromatic N) is 2. The van der Waals surface area contributed by atoms with Gasteiger partial charge in [-0.2, -0.15) is 10.4 Å². The van der Waals surface area contributed by atoms with Gasteiger partial charge in [0.1, 0.15) is 21.0 Å². The third-order valence-electron chi connectivity index (χ3n) is 1.70. The number of aromatic nitrogens is 2. The molecule has 0 amide bonds. The molecule has 2 aromatic heterocycles. The van der Waals surface area contributed by atoms with Gasteiger partial charge in [0.25, 0.3) is 10.0 Å². The van der Waals surface area contributed by atoms with Gasteiger partial charge in [0.05, 0.1) is 6.20 Å². The molecule has 0 saturated heterocycles. The van der Waals surface area contributed by atoms with Crippen molar-refractivity contribution in [2.45, 2.75) is 4.21 Å². The number of H-pyrrole nitrogens is 1. The Hall–Kier alpha value is -1.85. The molecule has 0 radical (unpaired) electrons. The molecule has 0 saturated carbocycles. The average Bonchev–Trinajstić information content (AvgIpc) is 2.85. The third kappa shape index (κ3) is 2.05. The van der Waals surface area contributed by atoms with Crippen molar-refractivity contribution in [3.63, 3.8) is 0 Å². The van der Waals surface area contributed by atoms with Crippen LogP contribution in [0.4, 0.5) is 5.82 Å². The Morgan fingerprint density at radius 3 is 2.81 bits per heavy atom. The molecule has 0 aliphatic heterocycles. The van der Waals surface area contributed by atoms with Crippen LogP contribution in [0.2, 0.25) is 0 Å². The van der Waals surface area contributed by atoms with Crippen molar-refractivity contribution in [3.05, 3.63) is 29.3 Å². The van der Waals surface area contributed by atoms with E-state index < -0.39 is 10.0 Å². The Morgan fingerprint density at radius 2 is 2.25 bits per heavy atom. The van der Waals surface area contributed by atoms with Crippen molar-refractivity contribution in [1.82, 2.24) is 10.2 Å². The maximum Gasteiger partial charge on any atom is 0.272 e. The summed E-state index contributed by atoms with van der Waals surface area (Å²) in [6.45, 7) is 0. The first-order valence-corrected chi connectivity index (χ1v) is 6.44. The average molecular weight is 254 g/mol. The topological polar surface area (TPSA) is 98.6 Å². The summed E-state index contributed by atoms with van der Waals surface area (Å²) in [5.74, 6) is 0.284. The van der Waals surface area contributed by atoms with Gasteiger partial charge in [-0.1, -0.05) is 0 Å². The molecule has 82 valence electrons. The molecule has 2 heterocycles. The van der Waals surface area contributed by atoms with Crippen LogP contribution >= 0.6 is 11.3 Å². The van der Waals surface area contributed by atoms with E-state index in [1.54, 1.807) is 0 Å². The predicted octanol–water partition coefficient (Wildman–Crippen LogP) is 1.14. The zero-order valence-corrected chi connectivity index (χ0v) is 9.47. The minimum absolute atomic E-state index is 0.0960. The monoisotopic (exact) mass is 254 g/mol. The normalized spacial score (nSPS) is 10.9. The van der Waals surface area contributed by atoms with Crippen LogP contribution in [-0.4, -0.2) is 18.6 Å². The van der Waals surface area contributed by atoms with Crippen molar-refractivity contribution in [2.75, 3.05) is 4.72 Å². The summed E-state index contributed by atoms with van der Waals surface area (Å²) in [6, 6.07) is 6.24.